The quantitative estimate of drug-likeness (QED) is 0.609. The number of ketones is 1. The van der Waals surface area contributed by atoms with Gasteiger partial charge in [0.25, 0.3) is 0 Å². The van der Waals surface area contributed by atoms with E-state index in [0.29, 0.717) is 17.8 Å². The van der Waals surface area contributed by atoms with Crippen molar-refractivity contribution < 1.29 is 9.53 Å². The number of hydrogen-bond acceptors (Lipinski definition) is 2. The normalized spacial score (nSPS) is 36.1. The fourth-order valence-corrected chi connectivity index (χ4v) is 3.35. The Labute approximate surface area is 90.7 Å². The van der Waals surface area contributed by atoms with Crippen LogP contribution in [0.15, 0.2) is 11.1 Å². The third kappa shape index (κ3) is 1.55. The molecule has 1 heterocycles. The zero-order valence-electron chi connectivity index (χ0n) is 9.13. The van der Waals surface area contributed by atoms with Gasteiger partial charge in [0.1, 0.15) is 0 Å². The summed E-state index contributed by atoms with van der Waals surface area (Å²) in [6.45, 7) is 0.891. The molecule has 0 saturated heterocycles. The maximum atomic E-state index is 11.9. The van der Waals surface area contributed by atoms with Crippen LogP contribution in [0.4, 0.5) is 0 Å². The highest BCUT2D eigenvalue weighted by molar-refractivity contribution is 5.99. The number of carbonyl (C=O) groups is 1. The smallest absolute Gasteiger partial charge is 0.159 e. The fraction of sp³-hybridized carbons (Fsp3) is 0.769. The summed E-state index contributed by atoms with van der Waals surface area (Å²) in [5.41, 5.74) is 2.56. The molecule has 0 N–H and O–H groups in total. The lowest BCUT2D eigenvalue weighted by atomic mass is 10.0. The van der Waals surface area contributed by atoms with E-state index in [1.807, 2.05) is 0 Å². The molecule has 0 unspecified atom stereocenters. The lowest BCUT2D eigenvalue weighted by molar-refractivity contribution is -0.115. The maximum absolute atomic E-state index is 11.9. The molecule has 82 valence electrons. The van der Waals surface area contributed by atoms with Crippen LogP contribution in [-0.2, 0) is 9.53 Å². The van der Waals surface area contributed by atoms with Gasteiger partial charge in [-0.2, -0.15) is 0 Å². The van der Waals surface area contributed by atoms with Gasteiger partial charge < -0.3 is 4.74 Å². The predicted octanol–water partition coefficient (Wildman–Crippen LogP) is 2.63. The summed E-state index contributed by atoms with van der Waals surface area (Å²) < 4.78 is 5.91. The van der Waals surface area contributed by atoms with Crippen LogP contribution in [0.25, 0.3) is 0 Å². The van der Waals surface area contributed by atoms with Crippen LogP contribution in [0.3, 0.4) is 0 Å². The average molecular weight is 206 g/mol. The van der Waals surface area contributed by atoms with Crippen molar-refractivity contribution in [2.45, 2.75) is 51.0 Å². The maximum Gasteiger partial charge on any atom is 0.159 e. The van der Waals surface area contributed by atoms with E-state index in [1.165, 1.54) is 24.8 Å². The fourth-order valence-electron chi connectivity index (χ4n) is 3.35. The second kappa shape index (κ2) is 3.75. The summed E-state index contributed by atoms with van der Waals surface area (Å²) in [4.78, 5) is 11.9. The minimum absolute atomic E-state index is 0.301. The minimum atomic E-state index is 0.301. The van der Waals surface area contributed by atoms with Gasteiger partial charge in [0.2, 0.25) is 0 Å². The van der Waals surface area contributed by atoms with Crippen LogP contribution in [-0.4, -0.2) is 18.5 Å². The molecule has 0 bridgehead atoms. The van der Waals surface area contributed by atoms with Crippen molar-refractivity contribution in [2.75, 3.05) is 6.61 Å². The van der Waals surface area contributed by atoms with Crippen molar-refractivity contribution in [1.82, 2.24) is 0 Å². The number of allylic oxidation sites excluding steroid dienone is 1. The molecule has 2 heteroatoms. The highest BCUT2D eigenvalue weighted by atomic mass is 16.5. The summed E-state index contributed by atoms with van der Waals surface area (Å²) >= 11 is 0. The highest BCUT2D eigenvalue weighted by Crippen LogP contribution is 2.45. The lowest BCUT2D eigenvalue weighted by Crippen LogP contribution is -2.12. The average Bonchev–Trinajstić information content (AvgIpc) is 2.74. The molecule has 0 spiro atoms. The van der Waals surface area contributed by atoms with Gasteiger partial charge in [0, 0.05) is 13.0 Å². The third-order valence-corrected chi connectivity index (χ3v) is 4.07. The van der Waals surface area contributed by atoms with Gasteiger partial charge in [0.15, 0.2) is 5.78 Å². The SMILES string of the molecule is O=C1C[C@H]2CC[C@@H]3OCCCCCC1=C23. The van der Waals surface area contributed by atoms with Crippen molar-refractivity contribution in [1.29, 1.82) is 0 Å². The Bertz CT molecular complexity index is 316. The van der Waals surface area contributed by atoms with Gasteiger partial charge >= 0.3 is 0 Å². The molecule has 2 nitrogen and oxygen atoms in total. The molecular weight excluding hydrogens is 188 g/mol. The standard InChI is InChI=1S/C13H18O2/c14-11-8-9-5-6-12-13(9)10(11)4-2-1-3-7-15-12/h9,12H,1-8H2/t9-,12+/m1/s1. The van der Waals surface area contributed by atoms with Crippen LogP contribution < -0.4 is 0 Å². The molecule has 3 aliphatic rings. The van der Waals surface area contributed by atoms with Crippen molar-refractivity contribution >= 4 is 5.78 Å². The third-order valence-electron chi connectivity index (χ3n) is 4.07. The van der Waals surface area contributed by atoms with Crippen LogP contribution in [0, 0.1) is 5.92 Å². The largest absolute Gasteiger partial charge is 0.374 e. The second-order valence-corrected chi connectivity index (χ2v) is 5.01. The topological polar surface area (TPSA) is 26.3 Å². The van der Waals surface area contributed by atoms with Crippen molar-refractivity contribution in [3.05, 3.63) is 11.1 Å². The van der Waals surface area contributed by atoms with Gasteiger partial charge in [-0.3, -0.25) is 4.79 Å². The molecule has 3 rings (SSSR count). The number of hydrogen-bond donors (Lipinski definition) is 0. The zero-order chi connectivity index (χ0) is 10.3. The van der Waals surface area contributed by atoms with E-state index >= 15 is 0 Å². The first kappa shape index (κ1) is 9.59. The number of rotatable bonds is 0. The molecule has 1 saturated carbocycles. The van der Waals surface area contributed by atoms with Crippen LogP contribution in [0.5, 0.6) is 0 Å². The van der Waals surface area contributed by atoms with Crippen LogP contribution in [0.1, 0.15) is 44.9 Å². The Morgan fingerprint density at radius 3 is 3.00 bits per heavy atom. The summed E-state index contributed by atoms with van der Waals surface area (Å²) in [7, 11) is 0. The van der Waals surface area contributed by atoms with Crippen molar-refractivity contribution in [2.24, 2.45) is 5.92 Å². The van der Waals surface area contributed by atoms with E-state index in [-0.39, 0.29) is 0 Å². The van der Waals surface area contributed by atoms with Crippen LogP contribution in [0.2, 0.25) is 0 Å². The summed E-state index contributed by atoms with van der Waals surface area (Å²) in [6.07, 6.45) is 7.97. The van der Waals surface area contributed by atoms with E-state index in [9.17, 15) is 4.79 Å². The molecule has 0 aromatic heterocycles. The monoisotopic (exact) mass is 206 g/mol. The number of Topliss-reactive ketones (excluding diaryl/α,β-unsaturated/α-hetero) is 1. The van der Waals surface area contributed by atoms with Gasteiger partial charge in [-0.25, -0.2) is 0 Å². The van der Waals surface area contributed by atoms with E-state index in [0.717, 1.165) is 37.9 Å². The van der Waals surface area contributed by atoms with E-state index in [4.69, 9.17) is 4.74 Å². The minimum Gasteiger partial charge on any atom is -0.374 e. The van der Waals surface area contributed by atoms with Gasteiger partial charge in [-0.15, -0.1) is 0 Å². The lowest BCUT2D eigenvalue weighted by Gasteiger charge is -2.14. The summed E-state index contributed by atoms with van der Waals surface area (Å²) in [5, 5.41) is 0. The first-order valence-electron chi connectivity index (χ1n) is 6.24. The van der Waals surface area contributed by atoms with Gasteiger partial charge in [0.05, 0.1) is 6.10 Å². The first-order chi connectivity index (χ1) is 7.36. The predicted molar refractivity (Wildman–Crippen MR) is 57.6 cm³/mol. The molecule has 0 aromatic carbocycles. The highest BCUT2D eigenvalue weighted by Gasteiger charge is 2.41. The van der Waals surface area contributed by atoms with Crippen molar-refractivity contribution in [3.63, 3.8) is 0 Å². The molecule has 15 heavy (non-hydrogen) atoms. The Morgan fingerprint density at radius 1 is 1.13 bits per heavy atom. The molecule has 1 fully saturated rings. The number of ether oxygens (including phenoxy) is 1. The van der Waals surface area contributed by atoms with E-state index in [2.05, 4.69) is 0 Å². The molecule has 0 amide bonds. The number of carbonyl (C=O) groups excluding carboxylic acids is 1. The summed E-state index contributed by atoms with van der Waals surface area (Å²) in [5.74, 6) is 0.973. The van der Waals surface area contributed by atoms with E-state index in [1.54, 1.807) is 0 Å². The van der Waals surface area contributed by atoms with Crippen molar-refractivity contribution in [3.8, 4) is 0 Å². The Morgan fingerprint density at radius 2 is 2.07 bits per heavy atom. The zero-order valence-corrected chi connectivity index (χ0v) is 9.13. The van der Waals surface area contributed by atoms with Gasteiger partial charge in [-0.05, 0) is 49.2 Å². The molecule has 0 aromatic rings. The Balaban J connectivity index is 1.94. The molecule has 1 aliphatic heterocycles. The molecule has 2 atom stereocenters. The Kier molecular flexibility index (Phi) is 2.39. The first-order valence-corrected chi connectivity index (χ1v) is 6.24. The van der Waals surface area contributed by atoms with E-state index < -0.39 is 0 Å². The molecular formula is C13H18O2. The van der Waals surface area contributed by atoms with Crippen LogP contribution >= 0.6 is 0 Å². The molecule has 2 aliphatic carbocycles. The van der Waals surface area contributed by atoms with Gasteiger partial charge in [-0.1, -0.05) is 6.42 Å². The Hall–Kier alpha value is -0.630. The molecule has 0 radical (unpaired) electrons. The summed E-state index contributed by atoms with van der Waals surface area (Å²) in [6, 6.07) is 0. The second-order valence-electron chi connectivity index (χ2n) is 5.01.